The van der Waals surface area contributed by atoms with E-state index in [1.807, 2.05) is 61.5 Å². The number of aromatic amines is 1. The van der Waals surface area contributed by atoms with Gasteiger partial charge in [-0.05, 0) is 38.0 Å². The van der Waals surface area contributed by atoms with Gasteiger partial charge in [-0.2, -0.15) is 0 Å². The summed E-state index contributed by atoms with van der Waals surface area (Å²) in [5.41, 5.74) is 2.64. The number of fused-ring (bicyclic) bond motifs is 2. The number of para-hydroxylation sites is 1. The highest BCUT2D eigenvalue weighted by Crippen LogP contribution is 2.45. The minimum Gasteiger partial charge on any atom is -0.361 e. The fourth-order valence-electron chi connectivity index (χ4n) is 5.37. The molecule has 0 saturated carbocycles. The van der Waals surface area contributed by atoms with E-state index in [-0.39, 0.29) is 24.8 Å². The Morgan fingerprint density at radius 2 is 1.76 bits per heavy atom. The number of sulfone groups is 1. The fourth-order valence-corrected chi connectivity index (χ4v) is 7.51. The van der Waals surface area contributed by atoms with Gasteiger partial charge in [-0.25, -0.2) is 8.42 Å². The first-order valence-electron chi connectivity index (χ1n) is 12.3. The summed E-state index contributed by atoms with van der Waals surface area (Å²) in [4.78, 5) is 43.8. The Balaban J connectivity index is 1.43. The van der Waals surface area contributed by atoms with Crippen LogP contribution in [-0.2, 0) is 30.6 Å². The Bertz CT molecular complexity index is 1480. The number of β-lactam (4-membered cyclic amide) rings is 1. The molecule has 0 bridgehead atoms. The molecule has 2 aliphatic heterocycles. The van der Waals surface area contributed by atoms with Gasteiger partial charge in [0.15, 0.2) is 9.84 Å². The molecule has 194 valence electrons. The van der Waals surface area contributed by atoms with Crippen molar-refractivity contribution < 1.29 is 22.8 Å². The zero-order valence-corrected chi connectivity index (χ0v) is 21.7. The Kier molecular flexibility index (Phi) is 6.10. The van der Waals surface area contributed by atoms with Crippen LogP contribution in [0.2, 0.25) is 0 Å². The number of carbonyl (C=O) groups excluding carboxylic acids is 3. The number of rotatable bonds is 7. The molecule has 3 amide bonds. The minimum atomic E-state index is -3.74. The SMILES string of the molecule is CC(NC(=O)[C@H](Cc1c[nH]c2ccccc12)NC(=O)[C@H]1N2C(=O)CC2S(=O)(=O)C1(C)C)c1ccccc1. The lowest BCUT2D eigenvalue weighted by Crippen LogP contribution is -2.62. The minimum absolute atomic E-state index is 0.122. The van der Waals surface area contributed by atoms with Crippen molar-refractivity contribution in [2.75, 3.05) is 0 Å². The number of aromatic nitrogens is 1. The molecule has 2 unspecified atom stereocenters. The molecule has 2 aromatic carbocycles. The van der Waals surface area contributed by atoms with Crippen LogP contribution in [-0.4, -0.2) is 58.2 Å². The van der Waals surface area contributed by atoms with Crippen molar-refractivity contribution in [2.24, 2.45) is 0 Å². The summed E-state index contributed by atoms with van der Waals surface area (Å²) in [6.45, 7) is 4.78. The third-order valence-corrected chi connectivity index (χ3v) is 10.4. The van der Waals surface area contributed by atoms with Gasteiger partial charge in [0.25, 0.3) is 0 Å². The van der Waals surface area contributed by atoms with Crippen LogP contribution in [0.15, 0.2) is 60.8 Å². The molecule has 10 heteroatoms. The lowest BCUT2D eigenvalue weighted by Gasteiger charge is -2.37. The van der Waals surface area contributed by atoms with Crippen molar-refractivity contribution in [2.45, 2.75) is 61.9 Å². The van der Waals surface area contributed by atoms with E-state index in [0.717, 1.165) is 26.9 Å². The molecule has 3 N–H and O–H groups in total. The van der Waals surface area contributed by atoms with Gasteiger partial charge in [-0.1, -0.05) is 48.5 Å². The maximum absolute atomic E-state index is 13.6. The highest BCUT2D eigenvalue weighted by atomic mass is 32.2. The molecular weight excluding hydrogens is 492 g/mol. The van der Waals surface area contributed by atoms with E-state index in [0.29, 0.717) is 0 Å². The average molecular weight is 523 g/mol. The predicted octanol–water partition coefficient (Wildman–Crippen LogP) is 2.21. The molecule has 3 aromatic rings. The summed E-state index contributed by atoms with van der Waals surface area (Å²) >= 11 is 0. The molecule has 0 aliphatic carbocycles. The molecule has 0 radical (unpaired) electrons. The van der Waals surface area contributed by atoms with Gasteiger partial charge in [0.05, 0.1) is 17.2 Å². The quantitative estimate of drug-likeness (QED) is 0.410. The normalized spacial score (nSPS) is 23.1. The standard InChI is InChI=1S/C27H30N4O5S/c1-16(17-9-5-4-6-10-17)29-25(33)21(13-18-15-28-20-12-8-7-11-19(18)20)30-26(34)24-27(2,3)37(35,36)23-14-22(32)31(23)24/h4-12,15-16,21,23-24,28H,13-14H2,1-3H3,(H,29,33)(H,30,34)/t16?,21-,23?,24+/m0/s1. The van der Waals surface area contributed by atoms with Crippen molar-refractivity contribution in [3.8, 4) is 0 Å². The summed E-state index contributed by atoms with van der Waals surface area (Å²) in [6.07, 6.45) is 1.86. The van der Waals surface area contributed by atoms with E-state index in [1.54, 1.807) is 6.20 Å². The van der Waals surface area contributed by atoms with Crippen LogP contribution in [0.1, 0.15) is 44.4 Å². The number of nitrogens with zero attached hydrogens (tertiary/aromatic N) is 1. The van der Waals surface area contributed by atoms with Gasteiger partial charge < -0.3 is 20.5 Å². The van der Waals surface area contributed by atoms with Crippen LogP contribution in [0.3, 0.4) is 0 Å². The lowest BCUT2D eigenvalue weighted by molar-refractivity contribution is -0.150. The third kappa shape index (κ3) is 4.09. The molecule has 2 aliphatic rings. The van der Waals surface area contributed by atoms with Crippen LogP contribution in [0.4, 0.5) is 0 Å². The van der Waals surface area contributed by atoms with E-state index < -0.39 is 43.9 Å². The summed E-state index contributed by atoms with van der Waals surface area (Å²) in [5.74, 6) is -1.44. The summed E-state index contributed by atoms with van der Waals surface area (Å²) < 4.78 is 24.5. The maximum Gasteiger partial charge on any atom is 0.245 e. The molecule has 0 spiro atoms. The Morgan fingerprint density at radius 1 is 1.08 bits per heavy atom. The second-order valence-electron chi connectivity index (χ2n) is 10.3. The highest BCUT2D eigenvalue weighted by molar-refractivity contribution is 7.93. The summed E-state index contributed by atoms with van der Waals surface area (Å²) in [6, 6.07) is 14.6. The number of H-pyrrole nitrogens is 1. The van der Waals surface area contributed by atoms with Crippen molar-refractivity contribution >= 4 is 38.5 Å². The third-order valence-electron chi connectivity index (χ3n) is 7.61. The molecule has 2 saturated heterocycles. The maximum atomic E-state index is 13.6. The van der Waals surface area contributed by atoms with Crippen molar-refractivity contribution in [1.29, 1.82) is 0 Å². The second kappa shape index (κ2) is 9.02. The number of nitrogens with one attached hydrogen (secondary N) is 3. The van der Waals surface area contributed by atoms with Crippen LogP contribution in [0.25, 0.3) is 10.9 Å². The first kappa shape index (κ1) is 25.0. The largest absolute Gasteiger partial charge is 0.361 e. The Labute approximate surface area is 215 Å². The van der Waals surface area contributed by atoms with Crippen LogP contribution < -0.4 is 10.6 Å². The number of amides is 3. The molecule has 1 aromatic heterocycles. The number of carbonyl (C=O) groups is 3. The second-order valence-corrected chi connectivity index (χ2v) is 13.0. The van der Waals surface area contributed by atoms with Crippen LogP contribution in [0.5, 0.6) is 0 Å². The van der Waals surface area contributed by atoms with Crippen LogP contribution in [0, 0.1) is 0 Å². The van der Waals surface area contributed by atoms with Crippen molar-refractivity contribution in [1.82, 2.24) is 20.5 Å². The monoisotopic (exact) mass is 522 g/mol. The van der Waals surface area contributed by atoms with E-state index in [2.05, 4.69) is 15.6 Å². The average Bonchev–Trinajstić information content (AvgIpc) is 3.32. The fraction of sp³-hybridized carbons (Fsp3) is 0.370. The van der Waals surface area contributed by atoms with Gasteiger partial charge in [0.1, 0.15) is 17.5 Å². The lowest BCUT2D eigenvalue weighted by atomic mass is 9.96. The first-order valence-corrected chi connectivity index (χ1v) is 13.8. The molecular formula is C27H30N4O5S. The molecule has 3 heterocycles. The van der Waals surface area contributed by atoms with Gasteiger partial charge in [0.2, 0.25) is 17.7 Å². The molecule has 4 atom stereocenters. The van der Waals surface area contributed by atoms with E-state index >= 15 is 0 Å². The van der Waals surface area contributed by atoms with E-state index in [1.165, 1.54) is 13.8 Å². The zero-order chi connectivity index (χ0) is 26.5. The molecule has 5 rings (SSSR count). The number of benzene rings is 2. The van der Waals surface area contributed by atoms with Gasteiger partial charge in [0, 0.05) is 23.5 Å². The number of hydrogen-bond acceptors (Lipinski definition) is 5. The topological polar surface area (TPSA) is 128 Å². The van der Waals surface area contributed by atoms with Gasteiger partial charge >= 0.3 is 0 Å². The van der Waals surface area contributed by atoms with Gasteiger partial charge in [-0.3, -0.25) is 14.4 Å². The molecule has 2 fully saturated rings. The zero-order valence-electron chi connectivity index (χ0n) is 20.9. The van der Waals surface area contributed by atoms with Crippen molar-refractivity contribution in [3.63, 3.8) is 0 Å². The molecule has 9 nitrogen and oxygen atoms in total. The smallest absolute Gasteiger partial charge is 0.245 e. The van der Waals surface area contributed by atoms with Crippen LogP contribution >= 0.6 is 0 Å². The van der Waals surface area contributed by atoms with Crippen molar-refractivity contribution in [3.05, 3.63) is 71.9 Å². The number of hydrogen-bond donors (Lipinski definition) is 3. The highest BCUT2D eigenvalue weighted by Gasteiger charge is 2.67. The molecule has 37 heavy (non-hydrogen) atoms. The van der Waals surface area contributed by atoms with E-state index in [4.69, 9.17) is 0 Å². The first-order chi connectivity index (χ1) is 17.5. The van der Waals surface area contributed by atoms with Gasteiger partial charge in [-0.15, -0.1) is 0 Å². The Morgan fingerprint density at radius 3 is 2.46 bits per heavy atom. The van der Waals surface area contributed by atoms with E-state index in [9.17, 15) is 22.8 Å². The predicted molar refractivity (Wildman–Crippen MR) is 139 cm³/mol. The summed E-state index contributed by atoms with van der Waals surface area (Å²) in [7, 11) is -3.74. The summed E-state index contributed by atoms with van der Waals surface area (Å²) in [5, 5.41) is 5.69. The Hall–Kier alpha value is -3.66.